The van der Waals surface area contributed by atoms with Crippen LogP contribution in [0.1, 0.15) is 13.3 Å². The number of nitrogens with zero attached hydrogens (tertiary/aromatic N) is 2. The van der Waals surface area contributed by atoms with Gasteiger partial charge in [-0.25, -0.2) is 14.4 Å². The predicted octanol–water partition coefficient (Wildman–Crippen LogP) is 1.70. The van der Waals surface area contributed by atoms with Gasteiger partial charge >= 0.3 is 5.97 Å². The Kier molecular flexibility index (Phi) is 5.68. The summed E-state index contributed by atoms with van der Waals surface area (Å²) in [4.78, 5) is 18.7. The largest absolute Gasteiger partial charge is 0.468 e. The van der Waals surface area contributed by atoms with E-state index >= 15 is 0 Å². The van der Waals surface area contributed by atoms with Crippen molar-refractivity contribution in [1.29, 1.82) is 0 Å². The molecule has 0 radical (unpaired) electrons. The number of ether oxygens (including phenoxy) is 1. The van der Waals surface area contributed by atoms with Crippen molar-refractivity contribution in [3.05, 3.63) is 12.0 Å². The standard InChI is InChI=1S/C10H14FN3O2S/c1-3-4-12-10-13-5-7(11)9(14-10)17-6-8(15)16-2/h5H,3-4,6H2,1-2H3,(H,12,13,14). The maximum atomic E-state index is 13.3. The van der Waals surface area contributed by atoms with Crippen molar-refractivity contribution in [3.8, 4) is 0 Å². The van der Waals surface area contributed by atoms with E-state index in [1.807, 2.05) is 6.92 Å². The lowest BCUT2D eigenvalue weighted by Crippen LogP contribution is -2.07. The van der Waals surface area contributed by atoms with E-state index in [0.29, 0.717) is 12.5 Å². The van der Waals surface area contributed by atoms with Gasteiger partial charge in [-0.2, -0.15) is 0 Å². The summed E-state index contributed by atoms with van der Waals surface area (Å²) in [6.07, 6.45) is 2.01. The number of anilines is 1. The summed E-state index contributed by atoms with van der Waals surface area (Å²) in [7, 11) is 1.29. The average Bonchev–Trinajstić information content (AvgIpc) is 2.35. The molecule has 1 rings (SSSR count). The van der Waals surface area contributed by atoms with Gasteiger partial charge in [0.2, 0.25) is 5.95 Å². The first-order valence-electron chi connectivity index (χ1n) is 5.13. The van der Waals surface area contributed by atoms with E-state index < -0.39 is 11.8 Å². The fourth-order valence-electron chi connectivity index (χ4n) is 0.961. The van der Waals surface area contributed by atoms with Crippen molar-refractivity contribution < 1.29 is 13.9 Å². The molecule has 1 aromatic rings. The quantitative estimate of drug-likeness (QED) is 0.476. The third-order valence-electron chi connectivity index (χ3n) is 1.80. The Morgan fingerprint density at radius 3 is 3.06 bits per heavy atom. The number of nitrogens with one attached hydrogen (secondary N) is 1. The number of halogens is 1. The summed E-state index contributed by atoms with van der Waals surface area (Å²) < 4.78 is 17.8. The van der Waals surface area contributed by atoms with E-state index in [2.05, 4.69) is 20.0 Å². The first kappa shape index (κ1) is 13.7. The minimum Gasteiger partial charge on any atom is -0.468 e. The monoisotopic (exact) mass is 259 g/mol. The number of hydrogen-bond acceptors (Lipinski definition) is 6. The number of carbonyl (C=O) groups is 1. The number of esters is 1. The molecule has 94 valence electrons. The Hall–Kier alpha value is -1.37. The highest BCUT2D eigenvalue weighted by atomic mass is 32.2. The predicted molar refractivity (Wildman–Crippen MR) is 63.5 cm³/mol. The lowest BCUT2D eigenvalue weighted by atomic mass is 10.5. The van der Waals surface area contributed by atoms with Gasteiger partial charge in [-0.15, -0.1) is 0 Å². The van der Waals surface area contributed by atoms with Gasteiger partial charge in [0.25, 0.3) is 0 Å². The van der Waals surface area contributed by atoms with E-state index in [1.165, 1.54) is 7.11 Å². The Morgan fingerprint density at radius 2 is 2.41 bits per heavy atom. The first-order chi connectivity index (χ1) is 8.17. The molecule has 1 N–H and O–H groups in total. The van der Waals surface area contributed by atoms with Crippen LogP contribution in [0.3, 0.4) is 0 Å². The second-order valence-electron chi connectivity index (χ2n) is 3.14. The third kappa shape index (κ3) is 4.56. The zero-order valence-electron chi connectivity index (χ0n) is 9.70. The molecule has 1 heterocycles. The molecule has 7 heteroatoms. The van der Waals surface area contributed by atoms with Gasteiger partial charge in [0.15, 0.2) is 5.82 Å². The van der Waals surface area contributed by atoms with Gasteiger partial charge in [0, 0.05) is 6.54 Å². The molecule has 0 aliphatic carbocycles. The van der Waals surface area contributed by atoms with Crippen LogP contribution in [0.2, 0.25) is 0 Å². The van der Waals surface area contributed by atoms with Crippen molar-refractivity contribution in [2.75, 3.05) is 24.7 Å². The molecule has 0 saturated carbocycles. The second-order valence-corrected chi connectivity index (χ2v) is 4.10. The zero-order valence-corrected chi connectivity index (χ0v) is 10.5. The topological polar surface area (TPSA) is 64.1 Å². The lowest BCUT2D eigenvalue weighted by Gasteiger charge is -2.05. The van der Waals surface area contributed by atoms with Gasteiger partial charge in [-0.05, 0) is 6.42 Å². The van der Waals surface area contributed by atoms with Crippen LogP contribution >= 0.6 is 11.8 Å². The van der Waals surface area contributed by atoms with Crippen molar-refractivity contribution in [2.24, 2.45) is 0 Å². The van der Waals surface area contributed by atoms with Gasteiger partial charge < -0.3 is 10.1 Å². The van der Waals surface area contributed by atoms with Crippen LogP contribution in [0, 0.1) is 5.82 Å². The first-order valence-corrected chi connectivity index (χ1v) is 6.12. The van der Waals surface area contributed by atoms with Gasteiger partial charge in [-0.1, -0.05) is 18.7 Å². The second kappa shape index (κ2) is 7.05. The van der Waals surface area contributed by atoms with E-state index in [-0.39, 0.29) is 10.8 Å². The molecular weight excluding hydrogens is 245 g/mol. The molecule has 0 aromatic carbocycles. The molecule has 5 nitrogen and oxygen atoms in total. The van der Waals surface area contributed by atoms with E-state index in [1.54, 1.807) is 0 Å². The van der Waals surface area contributed by atoms with Crippen LogP contribution in [0.5, 0.6) is 0 Å². The molecule has 1 aromatic heterocycles. The molecule has 0 spiro atoms. The molecule has 0 unspecified atom stereocenters. The zero-order chi connectivity index (χ0) is 12.7. The third-order valence-corrected chi connectivity index (χ3v) is 2.74. The maximum absolute atomic E-state index is 13.3. The molecule has 0 saturated heterocycles. The number of thioether (sulfide) groups is 1. The summed E-state index contributed by atoms with van der Waals surface area (Å²) in [6.45, 7) is 2.72. The highest BCUT2D eigenvalue weighted by molar-refractivity contribution is 7.99. The number of carbonyl (C=O) groups excluding carboxylic acids is 1. The minimum absolute atomic E-state index is 0.0254. The van der Waals surface area contributed by atoms with Crippen LogP contribution in [0.4, 0.5) is 10.3 Å². The van der Waals surface area contributed by atoms with Crippen LogP contribution in [0.15, 0.2) is 11.2 Å². The van der Waals surface area contributed by atoms with E-state index in [0.717, 1.165) is 24.4 Å². The summed E-state index contributed by atoms with van der Waals surface area (Å²) in [5, 5.41) is 3.09. The highest BCUT2D eigenvalue weighted by Gasteiger charge is 2.10. The summed E-state index contributed by atoms with van der Waals surface area (Å²) in [5.41, 5.74) is 0. The molecule has 17 heavy (non-hydrogen) atoms. The molecule has 0 fully saturated rings. The molecule has 0 atom stereocenters. The van der Waals surface area contributed by atoms with Crippen LogP contribution in [0.25, 0.3) is 0 Å². The van der Waals surface area contributed by atoms with Crippen molar-refractivity contribution in [2.45, 2.75) is 18.4 Å². The average molecular weight is 259 g/mol. The Bertz CT molecular complexity index is 390. The fraction of sp³-hybridized carbons (Fsp3) is 0.500. The van der Waals surface area contributed by atoms with Crippen molar-refractivity contribution in [3.63, 3.8) is 0 Å². The SMILES string of the molecule is CCCNc1ncc(F)c(SCC(=O)OC)n1. The van der Waals surface area contributed by atoms with Gasteiger partial charge in [0.05, 0.1) is 19.1 Å². The molecule has 0 amide bonds. The van der Waals surface area contributed by atoms with E-state index in [9.17, 15) is 9.18 Å². The Morgan fingerprint density at radius 1 is 1.65 bits per heavy atom. The van der Waals surface area contributed by atoms with Crippen LogP contribution < -0.4 is 5.32 Å². The lowest BCUT2D eigenvalue weighted by molar-refractivity contribution is -0.137. The summed E-state index contributed by atoms with van der Waals surface area (Å²) in [5.74, 6) is -0.574. The molecular formula is C10H14FN3O2S. The summed E-state index contributed by atoms with van der Waals surface area (Å²) in [6, 6.07) is 0. The smallest absolute Gasteiger partial charge is 0.316 e. The van der Waals surface area contributed by atoms with Gasteiger partial charge in [-0.3, -0.25) is 4.79 Å². The maximum Gasteiger partial charge on any atom is 0.316 e. The van der Waals surface area contributed by atoms with Crippen molar-refractivity contribution in [1.82, 2.24) is 9.97 Å². The minimum atomic E-state index is -0.541. The number of hydrogen-bond donors (Lipinski definition) is 1. The normalized spacial score (nSPS) is 10.1. The highest BCUT2D eigenvalue weighted by Crippen LogP contribution is 2.19. The van der Waals surface area contributed by atoms with Crippen molar-refractivity contribution >= 4 is 23.7 Å². The Balaban J connectivity index is 2.65. The number of rotatable bonds is 6. The molecule has 0 bridgehead atoms. The Labute approximate surface area is 103 Å². The number of methoxy groups -OCH3 is 1. The van der Waals surface area contributed by atoms with E-state index in [4.69, 9.17) is 0 Å². The number of aromatic nitrogens is 2. The summed E-state index contributed by atoms with van der Waals surface area (Å²) >= 11 is 0.987. The molecule has 0 aliphatic heterocycles. The van der Waals surface area contributed by atoms with Crippen LogP contribution in [-0.4, -0.2) is 35.3 Å². The fourth-order valence-corrected chi connectivity index (χ4v) is 1.67. The van der Waals surface area contributed by atoms with Crippen LogP contribution in [-0.2, 0) is 9.53 Å². The molecule has 0 aliphatic rings. The van der Waals surface area contributed by atoms with Gasteiger partial charge in [0.1, 0.15) is 5.03 Å².